The average molecular weight is 401 g/mol. The van der Waals surface area contributed by atoms with Crippen molar-refractivity contribution in [1.82, 2.24) is 0 Å². The smallest absolute Gasteiger partial charge is 0.323 e. The van der Waals surface area contributed by atoms with E-state index in [0.29, 0.717) is 12.8 Å². The molecule has 158 valence electrons. The second kappa shape index (κ2) is 12.7. The second-order valence-corrected chi connectivity index (χ2v) is 7.38. The van der Waals surface area contributed by atoms with Crippen LogP contribution in [-0.4, -0.2) is 33.7 Å². The Morgan fingerprint density at radius 1 is 0.897 bits per heavy atom. The average Bonchev–Trinajstić information content (AvgIpc) is 2.69. The summed E-state index contributed by atoms with van der Waals surface area (Å²) in [5, 5.41) is 17.4. The lowest BCUT2D eigenvalue weighted by Crippen LogP contribution is -2.44. The number of nitrogens with two attached hydrogens (primary N) is 2. The van der Waals surface area contributed by atoms with Crippen LogP contribution in [0.1, 0.15) is 43.7 Å². The van der Waals surface area contributed by atoms with Crippen molar-refractivity contribution in [3.63, 3.8) is 0 Å². The first-order chi connectivity index (χ1) is 13.7. The molecule has 2 aromatic carbocycles. The van der Waals surface area contributed by atoms with Crippen molar-refractivity contribution >= 4 is 11.9 Å². The van der Waals surface area contributed by atoms with Crippen LogP contribution >= 0.6 is 0 Å². The van der Waals surface area contributed by atoms with E-state index >= 15 is 0 Å². The van der Waals surface area contributed by atoms with E-state index in [1.54, 1.807) is 6.92 Å². The second-order valence-electron chi connectivity index (χ2n) is 7.38. The third-order valence-electron chi connectivity index (χ3n) is 4.63. The first-order valence-corrected chi connectivity index (χ1v) is 9.81. The molecule has 0 amide bonds. The highest BCUT2D eigenvalue weighted by Gasteiger charge is 2.26. The van der Waals surface area contributed by atoms with Crippen molar-refractivity contribution in [2.24, 2.45) is 11.5 Å². The van der Waals surface area contributed by atoms with Gasteiger partial charge in [0.15, 0.2) is 0 Å². The van der Waals surface area contributed by atoms with Crippen LogP contribution in [0, 0.1) is 0 Å². The maximum Gasteiger partial charge on any atom is 0.323 e. The molecule has 0 fully saturated rings. The van der Waals surface area contributed by atoms with Crippen molar-refractivity contribution in [2.45, 2.75) is 57.0 Å². The van der Waals surface area contributed by atoms with Gasteiger partial charge in [0.2, 0.25) is 0 Å². The van der Waals surface area contributed by atoms with Gasteiger partial charge in [0.25, 0.3) is 0 Å². The molecule has 2 aromatic rings. The summed E-state index contributed by atoms with van der Waals surface area (Å²) >= 11 is 0. The molecule has 0 spiro atoms. The fourth-order valence-electron chi connectivity index (χ4n) is 2.71. The van der Waals surface area contributed by atoms with Gasteiger partial charge in [0, 0.05) is 0 Å². The third-order valence-corrected chi connectivity index (χ3v) is 4.63. The van der Waals surface area contributed by atoms with E-state index in [0.717, 1.165) is 25.7 Å². The molecule has 2 atom stereocenters. The Hall–Kier alpha value is -2.70. The van der Waals surface area contributed by atoms with Gasteiger partial charge in [-0.05, 0) is 56.6 Å². The molecule has 6 heteroatoms. The third kappa shape index (κ3) is 10.4. The molecule has 0 aliphatic rings. The number of aliphatic carboxylic acids is 2. The summed E-state index contributed by atoms with van der Waals surface area (Å²) < 4.78 is 0. The quantitative estimate of drug-likeness (QED) is 0.485. The van der Waals surface area contributed by atoms with E-state index in [1.807, 2.05) is 60.7 Å². The Labute approximate surface area is 172 Å². The monoisotopic (exact) mass is 400 g/mol. The van der Waals surface area contributed by atoms with Gasteiger partial charge >= 0.3 is 11.9 Å². The van der Waals surface area contributed by atoms with Gasteiger partial charge in [0.1, 0.15) is 11.6 Å². The summed E-state index contributed by atoms with van der Waals surface area (Å²) in [7, 11) is 0. The zero-order chi connectivity index (χ0) is 21.7. The number of aryl methyl sites for hydroxylation is 2. The molecule has 0 radical (unpaired) electrons. The zero-order valence-corrected chi connectivity index (χ0v) is 17.0. The van der Waals surface area contributed by atoms with Crippen LogP contribution in [0.15, 0.2) is 60.7 Å². The van der Waals surface area contributed by atoms with Crippen LogP contribution in [0.5, 0.6) is 0 Å². The summed E-state index contributed by atoms with van der Waals surface area (Å²) in [6.07, 6.45) is 4.41. The Bertz CT molecular complexity index is 733. The summed E-state index contributed by atoms with van der Waals surface area (Å²) in [4.78, 5) is 21.2. The fraction of sp³-hybridized carbons (Fsp3) is 0.391. The number of carbonyl (C=O) groups is 2. The van der Waals surface area contributed by atoms with Gasteiger partial charge in [0.05, 0.1) is 0 Å². The Morgan fingerprint density at radius 2 is 1.34 bits per heavy atom. The minimum atomic E-state index is -1.10. The van der Waals surface area contributed by atoms with Gasteiger partial charge in [-0.2, -0.15) is 0 Å². The number of hydrogen-bond acceptors (Lipinski definition) is 4. The Kier molecular flexibility index (Phi) is 10.7. The predicted molar refractivity (Wildman–Crippen MR) is 115 cm³/mol. The van der Waals surface area contributed by atoms with E-state index in [1.165, 1.54) is 11.1 Å². The largest absolute Gasteiger partial charge is 0.480 e. The molecule has 0 aliphatic carbocycles. The van der Waals surface area contributed by atoms with Gasteiger partial charge in [-0.3, -0.25) is 9.59 Å². The maximum atomic E-state index is 10.7. The van der Waals surface area contributed by atoms with Gasteiger partial charge in [-0.15, -0.1) is 0 Å². The molecule has 0 heterocycles. The summed E-state index contributed by atoms with van der Waals surface area (Å²) in [5.41, 5.74) is 12.4. The lowest BCUT2D eigenvalue weighted by atomic mass is 9.95. The number of benzene rings is 2. The predicted octanol–water partition coefficient (Wildman–Crippen LogP) is 3.23. The van der Waals surface area contributed by atoms with E-state index in [9.17, 15) is 9.59 Å². The molecule has 0 saturated carbocycles. The molecule has 29 heavy (non-hydrogen) atoms. The number of carboxylic acid groups (broad SMARTS) is 2. The van der Waals surface area contributed by atoms with Crippen LogP contribution in [0.3, 0.4) is 0 Å². The van der Waals surface area contributed by atoms with Crippen LogP contribution in [-0.2, 0) is 22.4 Å². The Morgan fingerprint density at radius 3 is 1.76 bits per heavy atom. The lowest BCUT2D eigenvalue weighted by Gasteiger charge is -2.18. The normalized spacial score (nSPS) is 13.5. The van der Waals surface area contributed by atoms with E-state index < -0.39 is 23.5 Å². The van der Waals surface area contributed by atoms with Crippen molar-refractivity contribution < 1.29 is 19.8 Å². The standard InChI is InChI=1S/C12H17NO2.C11H15NO2/c1-12(13,11(14)15)9-5-8-10-6-3-2-4-7-10;12-10(11(13)14)8-4-7-9-5-2-1-3-6-9/h2-4,6-7H,5,8-9,13H2,1H3,(H,14,15);1-3,5-6,10H,4,7-8,12H2,(H,13,14). The van der Waals surface area contributed by atoms with Gasteiger partial charge in [-0.1, -0.05) is 60.7 Å². The first kappa shape index (κ1) is 24.3. The van der Waals surface area contributed by atoms with Crippen molar-refractivity contribution in [3.05, 3.63) is 71.8 Å². The van der Waals surface area contributed by atoms with Gasteiger partial charge in [-0.25, -0.2) is 0 Å². The first-order valence-electron chi connectivity index (χ1n) is 9.81. The highest BCUT2D eigenvalue weighted by Crippen LogP contribution is 2.12. The van der Waals surface area contributed by atoms with Crippen LogP contribution in [0.4, 0.5) is 0 Å². The number of rotatable bonds is 10. The van der Waals surface area contributed by atoms with Gasteiger partial charge < -0.3 is 21.7 Å². The molecule has 2 unspecified atom stereocenters. The highest BCUT2D eigenvalue weighted by atomic mass is 16.4. The Balaban J connectivity index is 0.000000291. The summed E-state index contributed by atoms with van der Waals surface area (Å²) in [5.74, 6) is -1.85. The molecule has 0 saturated heterocycles. The van der Waals surface area contributed by atoms with Crippen molar-refractivity contribution in [1.29, 1.82) is 0 Å². The summed E-state index contributed by atoms with van der Waals surface area (Å²) in [6.45, 7) is 1.56. The van der Waals surface area contributed by atoms with Crippen LogP contribution in [0.2, 0.25) is 0 Å². The van der Waals surface area contributed by atoms with E-state index in [-0.39, 0.29) is 0 Å². The minimum absolute atomic E-state index is 0.497. The minimum Gasteiger partial charge on any atom is -0.480 e. The van der Waals surface area contributed by atoms with Crippen LogP contribution < -0.4 is 11.5 Å². The van der Waals surface area contributed by atoms with Crippen molar-refractivity contribution in [3.8, 4) is 0 Å². The lowest BCUT2D eigenvalue weighted by molar-refractivity contribution is -0.143. The molecule has 6 N–H and O–H groups in total. The maximum absolute atomic E-state index is 10.7. The molecular weight excluding hydrogens is 368 g/mol. The number of hydrogen-bond donors (Lipinski definition) is 4. The molecule has 6 nitrogen and oxygen atoms in total. The van der Waals surface area contributed by atoms with Crippen LogP contribution in [0.25, 0.3) is 0 Å². The van der Waals surface area contributed by atoms with E-state index in [4.69, 9.17) is 21.7 Å². The number of carboxylic acids is 2. The molecule has 0 aromatic heterocycles. The fourth-order valence-corrected chi connectivity index (χ4v) is 2.71. The zero-order valence-electron chi connectivity index (χ0n) is 17.0. The summed E-state index contributed by atoms with van der Waals surface area (Å²) in [6, 6.07) is 19.3. The molecule has 0 bridgehead atoms. The molecule has 0 aliphatic heterocycles. The van der Waals surface area contributed by atoms with Crippen molar-refractivity contribution in [2.75, 3.05) is 0 Å². The van der Waals surface area contributed by atoms with E-state index in [2.05, 4.69) is 0 Å². The molecule has 2 rings (SSSR count). The SMILES string of the molecule is CC(N)(CCCc1ccccc1)C(=O)O.NC(CCCc1ccccc1)C(=O)O. The topological polar surface area (TPSA) is 127 Å². The highest BCUT2D eigenvalue weighted by molar-refractivity contribution is 5.77. The molecular formula is C23H32N2O4.